The highest BCUT2D eigenvalue weighted by molar-refractivity contribution is 6.31. The lowest BCUT2D eigenvalue weighted by Gasteiger charge is -2.13. The molecule has 2 amide bonds. The van der Waals surface area contributed by atoms with Crippen molar-refractivity contribution in [1.82, 2.24) is 20.2 Å². The second kappa shape index (κ2) is 8.30. The van der Waals surface area contributed by atoms with Crippen LogP contribution in [0, 0.1) is 5.82 Å². The smallest absolute Gasteiger partial charge is 0.417 e. The van der Waals surface area contributed by atoms with Crippen LogP contribution in [0.25, 0.3) is 11.0 Å². The van der Waals surface area contributed by atoms with E-state index < -0.39 is 28.6 Å². The number of carbonyl (C=O) groups excluding carboxylic acids is 1. The Morgan fingerprint density at radius 3 is 2.66 bits per heavy atom. The first-order valence-electron chi connectivity index (χ1n) is 8.77. The van der Waals surface area contributed by atoms with Gasteiger partial charge in [-0.1, -0.05) is 11.6 Å². The van der Waals surface area contributed by atoms with E-state index in [1.165, 1.54) is 30.7 Å². The third-order valence-electron chi connectivity index (χ3n) is 4.14. The minimum absolute atomic E-state index is 0.0854. The van der Waals surface area contributed by atoms with Gasteiger partial charge in [-0.3, -0.25) is 5.10 Å². The van der Waals surface area contributed by atoms with Crippen molar-refractivity contribution in [3.63, 3.8) is 0 Å². The number of urea groups is 1. The zero-order valence-corrected chi connectivity index (χ0v) is 16.4. The Hall–Kier alpha value is -3.93. The number of carbonyl (C=O) groups is 1. The van der Waals surface area contributed by atoms with Crippen LogP contribution in [0.2, 0.25) is 5.02 Å². The summed E-state index contributed by atoms with van der Waals surface area (Å²) in [5.74, 6) is -0.616. The SMILES string of the molecule is O=C(Nc1ccc(Cl)c(C(F)(F)F)c1)Nc1ccc(Oc2ncnc3[nH]ncc23)cc1F. The molecule has 0 fully saturated rings. The highest BCUT2D eigenvalue weighted by Gasteiger charge is 2.33. The first kappa shape index (κ1) is 21.3. The molecule has 2 aromatic heterocycles. The molecule has 8 nitrogen and oxygen atoms in total. The minimum Gasteiger partial charge on any atom is -0.438 e. The molecule has 0 aliphatic heterocycles. The molecule has 0 unspecified atom stereocenters. The molecule has 0 radical (unpaired) electrons. The largest absolute Gasteiger partial charge is 0.438 e. The molecular weight excluding hydrogens is 456 g/mol. The molecule has 0 aliphatic rings. The van der Waals surface area contributed by atoms with Crippen LogP contribution < -0.4 is 15.4 Å². The topological polar surface area (TPSA) is 105 Å². The zero-order valence-electron chi connectivity index (χ0n) is 15.7. The molecule has 13 heteroatoms. The van der Waals surface area contributed by atoms with Gasteiger partial charge < -0.3 is 15.4 Å². The van der Waals surface area contributed by atoms with Gasteiger partial charge in [0.15, 0.2) is 5.65 Å². The Kier molecular flexibility index (Phi) is 5.53. The maximum Gasteiger partial charge on any atom is 0.417 e. The number of nitrogens with zero attached hydrogens (tertiary/aromatic N) is 3. The molecule has 164 valence electrons. The lowest BCUT2D eigenvalue weighted by Crippen LogP contribution is -2.20. The number of benzene rings is 2. The fraction of sp³-hybridized carbons (Fsp3) is 0.0526. The lowest BCUT2D eigenvalue weighted by molar-refractivity contribution is -0.137. The number of nitrogens with one attached hydrogen (secondary N) is 3. The molecule has 4 rings (SSSR count). The van der Waals surface area contributed by atoms with Crippen molar-refractivity contribution < 1.29 is 27.1 Å². The number of halogens is 5. The number of anilines is 2. The normalized spacial score (nSPS) is 11.4. The third-order valence-corrected chi connectivity index (χ3v) is 4.47. The van der Waals surface area contributed by atoms with E-state index in [2.05, 4.69) is 30.8 Å². The van der Waals surface area contributed by atoms with Gasteiger partial charge in [0, 0.05) is 11.8 Å². The van der Waals surface area contributed by atoms with Crippen LogP contribution in [0.4, 0.5) is 33.7 Å². The molecule has 32 heavy (non-hydrogen) atoms. The highest BCUT2D eigenvalue weighted by Crippen LogP contribution is 2.36. The van der Waals surface area contributed by atoms with Crippen LogP contribution in [-0.2, 0) is 6.18 Å². The fourth-order valence-corrected chi connectivity index (χ4v) is 2.93. The number of amides is 2. The first-order valence-corrected chi connectivity index (χ1v) is 9.15. The van der Waals surface area contributed by atoms with Crippen LogP contribution in [0.15, 0.2) is 48.9 Å². The summed E-state index contributed by atoms with van der Waals surface area (Å²) in [6.45, 7) is 0. The molecule has 0 saturated carbocycles. The van der Waals surface area contributed by atoms with Gasteiger partial charge in [-0.15, -0.1) is 0 Å². The van der Waals surface area contributed by atoms with E-state index in [4.69, 9.17) is 16.3 Å². The van der Waals surface area contributed by atoms with Crippen LogP contribution in [0.1, 0.15) is 5.56 Å². The van der Waals surface area contributed by atoms with Crippen LogP contribution >= 0.6 is 11.6 Å². The number of H-pyrrole nitrogens is 1. The molecule has 4 aromatic rings. The Morgan fingerprint density at radius 2 is 1.91 bits per heavy atom. The number of ether oxygens (including phenoxy) is 1. The standard InChI is InChI=1S/C19H11ClF4N6O2/c20-13-3-1-9(5-12(13)19(22,23)24)28-18(31)29-15-4-2-10(6-14(15)21)32-17-11-7-27-30-16(11)25-8-26-17/h1-8H,(H2,28,29,31)(H,25,26,27,30). The number of hydrogen-bond acceptors (Lipinski definition) is 5. The second-order valence-corrected chi connectivity index (χ2v) is 6.73. The summed E-state index contributed by atoms with van der Waals surface area (Å²) in [4.78, 5) is 20.0. The number of fused-ring (bicyclic) bond motifs is 1. The van der Waals surface area contributed by atoms with Crippen LogP contribution in [0.5, 0.6) is 11.6 Å². The molecule has 0 atom stereocenters. The van der Waals surface area contributed by atoms with E-state index in [0.717, 1.165) is 12.1 Å². The first-order chi connectivity index (χ1) is 15.2. The van der Waals surface area contributed by atoms with E-state index >= 15 is 0 Å². The summed E-state index contributed by atoms with van der Waals surface area (Å²) in [6, 6.07) is 5.50. The number of rotatable bonds is 4. The van der Waals surface area contributed by atoms with Crippen LogP contribution in [-0.4, -0.2) is 26.2 Å². The van der Waals surface area contributed by atoms with E-state index in [1.807, 2.05) is 0 Å². The Labute approximate surface area is 181 Å². The van der Waals surface area contributed by atoms with Crippen molar-refractivity contribution in [1.29, 1.82) is 0 Å². The van der Waals surface area contributed by atoms with E-state index in [0.29, 0.717) is 17.1 Å². The van der Waals surface area contributed by atoms with E-state index in [1.54, 1.807) is 0 Å². The van der Waals surface area contributed by atoms with Crippen molar-refractivity contribution in [2.45, 2.75) is 6.18 Å². The molecular formula is C19H11ClF4N6O2. The molecule has 2 aromatic carbocycles. The van der Waals surface area contributed by atoms with Gasteiger partial charge >= 0.3 is 12.2 Å². The molecule has 0 spiro atoms. The van der Waals surface area contributed by atoms with Crippen molar-refractivity contribution in [2.24, 2.45) is 0 Å². The van der Waals surface area contributed by atoms with Gasteiger partial charge in [-0.05, 0) is 30.3 Å². The van der Waals surface area contributed by atoms with Gasteiger partial charge in [-0.2, -0.15) is 18.3 Å². The molecule has 0 aliphatic carbocycles. The number of aromatic amines is 1. The van der Waals surface area contributed by atoms with Gasteiger partial charge in [0.1, 0.15) is 23.3 Å². The summed E-state index contributed by atoms with van der Waals surface area (Å²) < 4.78 is 58.8. The zero-order chi connectivity index (χ0) is 22.9. The highest BCUT2D eigenvalue weighted by atomic mass is 35.5. The number of hydrogen-bond donors (Lipinski definition) is 3. The summed E-state index contributed by atoms with van der Waals surface area (Å²) in [7, 11) is 0. The van der Waals surface area contributed by atoms with Gasteiger partial charge in [-0.25, -0.2) is 19.2 Å². The second-order valence-electron chi connectivity index (χ2n) is 6.33. The maximum atomic E-state index is 14.4. The molecule has 2 heterocycles. The summed E-state index contributed by atoms with van der Waals surface area (Å²) in [5, 5.41) is 10.8. The van der Waals surface area contributed by atoms with Gasteiger partial charge in [0.2, 0.25) is 5.88 Å². The molecule has 0 saturated heterocycles. The maximum absolute atomic E-state index is 14.4. The number of aromatic nitrogens is 4. The summed E-state index contributed by atoms with van der Waals surface area (Å²) in [5.41, 5.74) is -1.08. The van der Waals surface area contributed by atoms with Crippen molar-refractivity contribution in [3.8, 4) is 11.6 Å². The fourth-order valence-electron chi connectivity index (χ4n) is 2.70. The summed E-state index contributed by atoms with van der Waals surface area (Å²) >= 11 is 5.54. The lowest BCUT2D eigenvalue weighted by atomic mass is 10.2. The van der Waals surface area contributed by atoms with E-state index in [9.17, 15) is 22.4 Å². The van der Waals surface area contributed by atoms with E-state index in [-0.39, 0.29) is 23.0 Å². The Morgan fingerprint density at radius 1 is 1.09 bits per heavy atom. The number of alkyl halides is 3. The molecule has 0 bridgehead atoms. The predicted octanol–water partition coefficient (Wildman–Crippen LogP) is 5.60. The monoisotopic (exact) mass is 466 g/mol. The molecule has 3 N–H and O–H groups in total. The van der Waals surface area contributed by atoms with Crippen LogP contribution in [0.3, 0.4) is 0 Å². The Bertz CT molecular complexity index is 1310. The quantitative estimate of drug-likeness (QED) is 0.339. The average Bonchev–Trinajstić information content (AvgIpc) is 3.21. The Balaban J connectivity index is 1.46. The van der Waals surface area contributed by atoms with Gasteiger partial charge in [0.25, 0.3) is 0 Å². The van der Waals surface area contributed by atoms with Gasteiger partial charge in [0.05, 0.1) is 22.5 Å². The van der Waals surface area contributed by atoms with Crippen molar-refractivity contribution in [3.05, 3.63) is 65.3 Å². The minimum atomic E-state index is -4.70. The average molecular weight is 467 g/mol. The third kappa shape index (κ3) is 4.54. The predicted molar refractivity (Wildman–Crippen MR) is 107 cm³/mol. The van der Waals surface area contributed by atoms with Crippen molar-refractivity contribution >= 4 is 40.0 Å². The van der Waals surface area contributed by atoms with Crippen molar-refractivity contribution in [2.75, 3.05) is 10.6 Å². The summed E-state index contributed by atoms with van der Waals surface area (Å²) in [6.07, 6.45) is -2.01.